The number of fused-ring (bicyclic) bond motifs is 3. The van der Waals surface area contributed by atoms with Crippen molar-refractivity contribution in [2.24, 2.45) is 11.8 Å². The zero-order chi connectivity index (χ0) is 9.84. The van der Waals surface area contributed by atoms with Crippen molar-refractivity contribution in [2.75, 3.05) is 0 Å². The molecule has 0 aromatic carbocycles. The van der Waals surface area contributed by atoms with E-state index in [9.17, 15) is 9.90 Å². The second kappa shape index (κ2) is 4.66. The molecule has 0 saturated heterocycles. The lowest BCUT2D eigenvalue weighted by molar-refractivity contribution is -0.465. The molecule has 3 aliphatic rings. The fourth-order valence-corrected chi connectivity index (χ4v) is 2.23. The highest BCUT2D eigenvalue weighted by atomic mass is 17.4. The molecule has 3 N–H and O–H groups in total. The van der Waals surface area contributed by atoms with E-state index in [0.29, 0.717) is 11.7 Å². The van der Waals surface area contributed by atoms with Gasteiger partial charge in [0.15, 0.2) is 0 Å². The molecule has 0 aromatic rings. The van der Waals surface area contributed by atoms with Gasteiger partial charge in [-0.25, -0.2) is 10.5 Å². The number of rotatable bonds is 0. The fourth-order valence-electron chi connectivity index (χ4n) is 2.23. The van der Waals surface area contributed by atoms with Gasteiger partial charge in [-0.05, 0) is 25.2 Å². The number of carbonyl (C=O) groups excluding carboxylic acids is 1. The molecule has 76 valence electrons. The van der Waals surface area contributed by atoms with E-state index in [2.05, 4.69) is 5.04 Å². The van der Waals surface area contributed by atoms with Crippen LogP contribution in [0.4, 0.5) is 0 Å². The maximum atomic E-state index is 11.1. The normalized spacial score (nSPS) is 36.8. The average Bonchev–Trinajstić information content (AvgIpc) is 2.04. The van der Waals surface area contributed by atoms with Crippen LogP contribution >= 0.6 is 0 Å². The van der Waals surface area contributed by atoms with Gasteiger partial charge in [-0.3, -0.25) is 4.79 Å². The lowest BCUT2D eigenvalue weighted by Gasteiger charge is -2.38. The molecule has 2 bridgehead atoms. The van der Waals surface area contributed by atoms with E-state index in [1.54, 1.807) is 0 Å². The number of Topliss-reactive ketones (excluding diaryl/α,β-unsaturated/α-hetero) is 1. The van der Waals surface area contributed by atoms with Crippen molar-refractivity contribution >= 4 is 5.78 Å². The molecular formula is C8H14O5. The number of aliphatic hydroxyl groups is 1. The SMILES string of the molecule is O=C1C[C@H]2CC[C@@H]1[C@@H](O)C2.OOO. The Labute approximate surface area is 75.8 Å². The van der Waals surface area contributed by atoms with E-state index in [1.807, 2.05) is 0 Å². The Balaban J connectivity index is 0.000000251. The summed E-state index contributed by atoms with van der Waals surface area (Å²) in [4.78, 5) is 11.1. The van der Waals surface area contributed by atoms with Crippen molar-refractivity contribution in [3.05, 3.63) is 0 Å². The summed E-state index contributed by atoms with van der Waals surface area (Å²) >= 11 is 0. The van der Waals surface area contributed by atoms with E-state index in [1.165, 1.54) is 0 Å². The van der Waals surface area contributed by atoms with Gasteiger partial charge in [0, 0.05) is 12.3 Å². The predicted molar refractivity (Wildman–Crippen MR) is 42.8 cm³/mol. The maximum absolute atomic E-state index is 11.1. The molecule has 0 spiro atoms. The Morgan fingerprint density at radius 2 is 1.92 bits per heavy atom. The summed E-state index contributed by atoms with van der Waals surface area (Å²) < 4.78 is 0. The van der Waals surface area contributed by atoms with Crippen LogP contribution in [0.1, 0.15) is 25.7 Å². The first-order chi connectivity index (χ1) is 6.19. The quantitative estimate of drug-likeness (QED) is 0.386. The highest BCUT2D eigenvalue weighted by molar-refractivity contribution is 5.83. The van der Waals surface area contributed by atoms with E-state index in [4.69, 9.17) is 10.5 Å². The fraction of sp³-hybridized carbons (Fsp3) is 0.875. The van der Waals surface area contributed by atoms with Crippen LogP contribution in [-0.2, 0) is 9.83 Å². The smallest absolute Gasteiger partial charge is 0.138 e. The van der Waals surface area contributed by atoms with Crippen molar-refractivity contribution in [1.82, 2.24) is 0 Å². The van der Waals surface area contributed by atoms with Gasteiger partial charge >= 0.3 is 0 Å². The maximum Gasteiger partial charge on any atom is 0.138 e. The first-order valence-electron chi connectivity index (χ1n) is 4.34. The van der Waals surface area contributed by atoms with Crippen molar-refractivity contribution in [3.63, 3.8) is 0 Å². The number of aliphatic hydroxyl groups excluding tert-OH is 1. The summed E-state index contributed by atoms with van der Waals surface area (Å²) in [5.41, 5.74) is 0. The van der Waals surface area contributed by atoms with Crippen LogP contribution in [0, 0.1) is 11.8 Å². The highest BCUT2D eigenvalue weighted by Gasteiger charge is 2.40. The second-order valence-electron chi connectivity index (χ2n) is 3.61. The molecule has 3 fully saturated rings. The molecule has 13 heavy (non-hydrogen) atoms. The van der Waals surface area contributed by atoms with Gasteiger partial charge in [0.25, 0.3) is 0 Å². The Morgan fingerprint density at radius 3 is 2.23 bits per heavy atom. The average molecular weight is 190 g/mol. The number of hydrogen-bond acceptors (Lipinski definition) is 5. The van der Waals surface area contributed by atoms with Crippen LogP contribution in [0.25, 0.3) is 0 Å². The van der Waals surface area contributed by atoms with Gasteiger partial charge in [0.05, 0.1) is 6.10 Å². The van der Waals surface area contributed by atoms with Crippen LogP contribution in [0.15, 0.2) is 0 Å². The predicted octanol–water partition coefficient (Wildman–Crippen LogP) is 0.685. The minimum atomic E-state index is -0.306. The molecule has 3 saturated carbocycles. The minimum absolute atomic E-state index is 0.00463. The topological polar surface area (TPSA) is 87.0 Å². The lowest BCUT2D eigenvalue weighted by Crippen LogP contribution is -2.41. The summed E-state index contributed by atoms with van der Waals surface area (Å²) in [6.45, 7) is 0. The van der Waals surface area contributed by atoms with E-state index >= 15 is 0 Å². The molecule has 0 heterocycles. The molecule has 5 heteroatoms. The summed E-state index contributed by atoms with van der Waals surface area (Å²) in [5, 5.41) is 24.8. The zero-order valence-electron chi connectivity index (χ0n) is 7.22. The zero-order valence-corrected chi connectivity index (χ0v) is 7.22. The van der Waals surface area contributed by atoms with Crippen molar-refractivity contribution in [2.45, 2.75) is 31.8 Å². The van der Waals surface area contributed by atoms with Crippen LogP contribution < -0.4 is 0 Å². The molecular weight excluding hydrogens is 176 g/mol. The molecule has 0 aromatic heterocycles. The van der Waals surface area contributed by atoms with Gasteiger partial charge in [-0.2, -0.15) is 0 Å². The van der Waals surface area contributed by atoms with Crippen LogP contribution in [0.2, 0.25) is 0 Å². The first-order valence-corrected chi connectivity index (χ1v) is 4.34. The molecule has 0 amide bonds. The Morgan fingerprint density at radius 1 is 1.31 bits per heavy atom. The molecule has 0 radical (unpaired) electrons. The Kier molecular flexibility index (Phi) is 3.80. The van der Waals surface area contributed by atoms with Crippen LogP contribution in [0.3, 0.4) is 0 Å². The standard InChI is InChI=1S/C8H12O2.H2O3/c9-7-3-5-1-2-6(7)8(10)4-5;1-3-2/h5-7,9H,1-4H2;1-2H/t5-,6+,7-;/m0./s1. The van der Waals surface area contributed by atoms with Crippen molar-refractivity contribution < 1.29 is 25.5 Å². The minimum Gasteiger partial charge on any atom is -0.392 e. The van der Waals surface area contributed by atoms with E-state index in [0.717, 1.165) is 25.7 Å². The van der Waals surface area contributed by atoms with Gasteiger partial charge in [0.1, 0.15) is 5.78 Å². The molecule has 3 aliphatic carbocycles. The number of carbonyl (C=O) groups is 1. The van der Waals surface area contributed by atoms with Crippen molar-refractivity contribution in [3.8, 4) is 0 Å². The first kappa shape index (κ1) is 10.6. The van der Waals surface area contributed by atoms with Gasteiger partial charge in [-0.1, -0.05) is 5.04 Å². The highest BCUT2D eigenvalue weighted by Crippen LogP contribution is 2.38. The van der Waals surface area contributed by atoms with Crippen LogP contribution in [-0.4, -0.2) is 27.5 Å². The van der Waals surface area contributed by atoms with Gasteiger partial charge in [-0.15, -0.1) is 0 Å². The molecule has 0 unspecified atom stereocenters. The number of hydrogen-bond donors (Lipinski definition) is 3. The summed E-state index contributed by atoms with van der Waals surface area (Å²) in [7, 11) is 0. The third-order valence-corrected chi connectivity index (χ3v) is 2.83. The van der Waals surface area contributed by atoms with E-state index < -0.39 is 0 Å². The third-order valence-electron chi connectivity index (χ3n) is 2.83. The van der Waals surface area contributed by atoms with Gasteiger partial charge in [0.2, 0.25) is 0 Å². The summed E-state index contributed by atoms with van der Waals surface area (Å²) in [5.74, 6) is 0.812. The summed E-state index contributed by atoms with van der Waals surface area (Å²) in [6, 6.07) is 0. The van der Waals surface area contributed by atoms with Gasteiger partial charge < -0.3 is 5.11 Å². The molecule has 5 nitrogen and oxygen atoms in total. The molecule has 3 atom stereocenters. The largest absolute Gasteiger partial charge is 0.392 e. The van der Waals surface area contributed by atoms with Crippen LogP contribution in [0.5, 0.6) is 0 Å². The Hall–Kier alpha value is -0.490. The lowest BCUT2D eigenvalue weighted by atomic mass is 9.68. The Bertz CT molecular complexity index is 181. The third kappa shape index (κ3) is 2.47. The molecule has 3 rings (SSSR count). The van der Waals surface area contributed by atoms with Crippen molar-refractivity contribution in [1.29, 1.82) is 0 Å². The monoisotopic (exact) mass is 190 g/mol. The second-order valence-corrected chi connectivity index (χ2v) is 3.61. The number of ketones is 1. The summed E-state index contributed by atoms with van der Waals surface area (Å²) in [6.07, 6.45) is 3.40. The molecule has 0 aliphatic heterocycles. The van der Waals surface area contributed by atoms with E-state index in [-0.39, 0.29) is 12.0 Å².